The normalized spacial score (nSPS) is 10.4. The maximum absolute atomic E-state index is 8.75. The summed E-state index contributed by atoms with van der Waals surface area (Å²) in [5.41, 5.74) is 0.785. The van der Waals surface area contributed by atoms with Crippen LogP contribution in [0, 0.1) is 0 Å². The van der Waals surface area contributed by atoms with Gasteiger partial charge in [0, 0.05) is 22.1 Å². The van der Waals surface area contributed by atoms with Crippen LogP contribution in [0.5, 0.6) is 11.5 Å². The van der Waals surface area contributed by atoms with Crippen LogP contribution in [0.25, 0.3) is 10.9 Å². The average molecular weight is 284 g/mol. The molecule has 0 aliphatic rings. The fourth-order valence-corrected chi connectivity index (χ4v) is 1.80. The van der Waals surface area contributed by atoms with Crippen LogP contribution in [0.1, 0.15) is 0 Å². The second kappa shape index (κ2) is 4.67. The highest BCUT2D eigenvalue weighted by atomic mass is 79.9. The highest BCUT2D eigenvalue weighted by Crippen LogP contribution is 2.32. The molecule has 0 saturated heterocycles. The Kier molecular flexibility index (Phi) is 3.26. The average Bonchev–Trinajstić information content (AvgIpc) is 2.29. The fraction of sp³-hybridized carbons (Fsp3) is 0.182. The number of hydrogen-bond acceptors (Lipinski definition) is 4. The number of aliphatic hydroxyl groups is 1. The first kappa shape index (κ1) is 11.2. The Morgan fingerprint density at radius 2 is 2.12 bits per heavy atom. The Balaban J connectivity index is 2.60. The van der Waals surface area contributed by atoms with Gasteiger partial charge in [-0.2, -0.15) is 0 Å². The van der Waals surface area contributed by atoms with Crippen LogP contribution >= 0.6 is 15.9 Å². The van der Waals surface area contributed by atoms with E-state index in [9.17, 15) is 0 Å². The molecule has 1 N–H and O–H groups in total. The van der Waals surface area contributed by atoms with E-state index >= 15 is 0 Å². The van der Waals surface area contributed by atoms with Crippen molar-refractivity contribution in [1.82, 2.24) is 4.98 Å². The van der Waals surface area contributed by atoms with Crippen molar-refractivity contribution in [3.05, 3.63) is 28.9 Å². The number of aliphatic hydroxyl groups excluding tert-OH is 1. The summed E-state index contributed by atoms with van der Waals surface area (Å²) in [6.45, 7) is -0.390. The molecule has 16 heavy (non-hydrogen) atoms. The number of methoxy groups -OCH3 is 1. The third-order valence-corrected chi connectivity index (χ3v) is 2.59. The SMILES string of the molecule is COc1cc2cc(Br)cnc2cc1OCO. The fourth-order valence-electron chi connectivity index (χ4n) is 1.45. The minimum Gasteiger partial charge on any atom is -0.493 e. The number of pyridine rings is 1. The highest BCUT2D eigenvalue weighted by Gasteiger charge is 2.07. The van der Waals surface area contributed by atoms with Gasteiger partial charge in [0.15, 0.2) is 18.3 Å². The van der Waals surface area contributed by atoms with E-state index in [1.165, 1.54) is 0 Å². The van der Waals surface area contributed by atoms with Crippen molar-refractivity contribution in [1.29, 1.82) is 0 Å². The summed E-state index contributed by atoms with van der Waals surface area (Å²) in [5.74, 6) is 1.05. The Morgan fingerprint density at radius 3 is 2.81 bits per heavy atom. The Morgan fingerprint density at radius 1 is 1.31 bits per heavy atom. The predicted molar refractivity (Wildman–Crippen MR) is 63.7 cm³/mol. The summed E-state index contributed by atoms with van der Waals surface area (Å²) >= 11 is 3.35. The zero-order valence-corrected chi connectivity index (χ0v) is 10.2. The maximum Gasteiger partial charge on any atom is 0.186 e. The molecule has 4 nitrogen and oxygen atoms in total. The maximum atomic E-state index is 8.75. The van der Waals surface area contributed by atoms with Crippen molar-refractivity contribution in [2.45, 2.75) is 0 Å². The molecule has 0 saturated carbocycles. The van der Waals surface area contributed by atoms with Crippen LogP contribution in [-0.4, -0.2) is 24.0 Å². The first-order valence-corrected chi connectivity index (χ1v) is 5.41. The van der Waals surface area contributed by atoms with E-state index < -0.39 is 6.79 Å². The zero-order valence-electron chi connectivity index (χ0n) is 8.61. The predicted octanol–water partition coefficient (Wildman–Crippen LogP) is 2.33. The molecule has 0 radical (unpaired) electrons. The Bertz CT molecular complexity index is 516. The van der Waals surface area contributed by atoms with Gasteiger partial charge in [-0.25, -0.2) is 0 Å². The first-order chi connectivity index (χ1) is 7.74. The molecule has 1 heterocycles. The summed E-state index contributed by atoms with van der Waals surface area (Å²) < 4.78 is 11.1. The number of ether oxygens (including phenoxy) is 2. The minimum absolute atomic E-state index is 0.390. The molecule has 0 aliphatic heterocycles. The van der Waals surface area contributed by atoms with E-state index in [-0.39, 0.29) is 0 Å². The molecule has 2 rings (SSSR count). The van der Waals surface area contributed by atoms with Crippen LogP contribution < -0.4 is 9.47 Å². The zero-order chi connectivity index (χ0) is 11.5. The lowest BCUT2D eigenvalue weighted by atomic mass is 10.2. The van der Waals surface area contributed by atoms with Crippen molar-refractivity contribution in [2.24, 2.45) is 0 Å². The standard InChI is InChI=1S/C11H10BrNO3/c1-15-10-3-7-2-8(12)5-13-9(7)4-11(10)16-6-14/h2-5,14H,6H2,1H3. The molecule has 0 unspecified atom stereocenters. The van der Waals surface area contributed by atoms with Gasteiger partial charge in [-0.05, 0) is 28.1 Å². The van der Waals surface area contributed by atoms with Crippen LogP contribution in [0.4, 0.5) is 0 Å². The molecule has 2 aromatic rings. The summed E-state index contributed by atoms with van der Waals surface area (Å²) in [5, 5.41) is 9.69. The Labute approximate surface area is 101 Å². The first-order valence-electron chi connectivity index (χ1n) is 4.61. The van der Waals surface area contributed by atoms with E-state index in [0.29, 0.717) is 11.5 Å². The van der Waals surface area contributed by atoms with Gasteiger partial charge in [0.25, 0.3) is 0 Å². The van der Waals surface area contributed by atoms with Crippen molar-refractivity contribution in [3.63, 3.8) is 0 Å². The Hall–Kier alpha value is -1.33. The number of hydrogen-bond donors (Lipinski definition) is 1. The molecule has 0 fully saturated rings. The number of fused-ring (bicyclic) bond motifs is 1. The van der Waals surface area contributed by atoms with Crippen LogP contribution in [0.15, 0.2) is 28.9 Å². The van der Waals surface area contributed by atoms with Crippen molar-refractivity contribution in [3.8, 4) is 11.5 Å². The number of nitrogens with zero attached hydrogens (tertiary/aromatic N) is 1. The van der Waals surface area contributed by atoms with Gasteiger partial charge in [-0.15, -0.1) is 0 Å². The van der Waals surface area contributed by atoms with Gasteiger partial charge in [0.05, 0.1) is 12.6 Å². The summed E-state index contributed by atoms with van der Waals surface area (Å²) in [6, 6.07) is 5.49. The lowest BCUT2D eigenvalue weighted by Crippen LogP contribution is -1.97. The molecule has 0 atom stereocenters. The molecular formula is C11H10BrNO3. The molecule has 84 valence electrons. The van der Waals surface area contributed by atoms with E-state index in [0.717, 1.165) is 15.4 Å². The van der Waals surface area contributed by atoms with Gasteiger partial charge >= 0.3 is 0 Å². The van der Waals surface area contributed by atoms with Gasteiger partial charge < -0.3 is 14.6 Å². The minimum atomic E-state index is -0.390. The second-order valence-corrected chi connectivity index (χ2v) is 4.04. The molecule has 1 aromatic heterocycles. The third-order valence-electron chi connectivity index (χ3n) is 2.15. The van der Waals surface area contributed by atoms with E-state index in [2.05, 4.69) is 20.9 Å². The lowest BCUT2D eigenvalue weighted by Gasteiger charge is -2.09. The monoisotopic (exact) mass is 283 g/mol. The molecule has 1 aromatic carbocycles. The van der Waals surface area contributed by atoms with E-state index in [1.807, 2.05) is 12.1 Å². The van der Waals surface area contributed by atoms with Gasteiger partial charge in [-0.1, -0.05) is 0 Å². The molecule has 0 aliphatic carbocycles. The molecular weight excluding hydrogens is 274 g/mol. The lowest BCUT2D eigenvalue weighted by molar-refractivity contribution is 0.0956. The molecule has 0 spiro atoms. The summed E-state index contributed by atoms with van der Waals surface area (Å²) in [6.07, 6.45) is 1.71. The van der Waals surface area contributed by atoms with Crippen molar-refractivity contribution >= 4 is 26.8 Å². The van der Waals surface area contributed by atoms with Crippen LogP contribution in [0.2, 0.25) is 0 Å². The number of aromatic nitrogens is 1. The molecule has 0 bridgehead atoms. The van der Waals surface area contributed by atoms with Gasteiger partial charge in [-0.3, -0.25) is 4.98 Å². The second-order valence-electron chi connectivity index (χ2n) is 3.12. The smallest absolute Gasteiger partial charge is 0.186 e. The van der Waals surface area contributed by atoms with Crippen molar-refractivity contribution < 1.29 is 14.6 Å². The summed E-state index contributed by atoms with van der Waals surface area (Å²) in [4.78, 5) is 4.23. The van der Waals surface area contributed by atoms with Crippen molar-refractivity contribution in [2.75, 3.05) is 13.9 Å². The van der Waals surface area contributed by atoms with Gasteiger partial charge in [0.2, 0.25) is 0 Å². The quantitative estimate of drug-likeness (QED) is 0.879. The summed E-state index contributed by atoms with van der Waals surface area (Å²) in [7, 11) is 1.55. The molecule has 0 amide bonds. The highest BCUT2D eigenvalue weighted by molar-refractivity contribution is 9.10. The number of benzene rings is 1. The molecule has 5 heteroatoms. The van der Waals surface area contributed by atoms with E-state index in [4.69, 9.17) is 14.6 Å². The third kappa shape index (κ3) is 2.10. The number of rotatable bonds is 3. The topological polar surface area (TPSA) is 51.6 Å². The van der Waals surface area contributed by atoms with Crippen LogP contribution in [-0.2, 0) is 0 Å². The van der Waals surface area contributed by atoms with Gasteiger partial charge in [0.1, 0.15) is 0 Å². The number of halogens is 1. The van der Waals surface area contributed by atoms with E-state index in [1.54, 1.807) is 19.4 Å². The van der Waals surface area contributed by atoms with Crippen LogP contribution in [0.3, 0.4) is 0 Å². The largest absolute Gasteiger partial charge is 0.493 e.